The molecular weight excluding hydrogens is 1070 g/mol. The van der Waals surface area contributed by atoms with Crippen molar-refractivity contribution in [2.75, 3.05) is 19.7 Å². The van der Waals surface area contributed by atoms with E-state index in [4.69, 9.17) is 4.74 Å². The zero-order valence-electron chi connectivity index (χ0n) is 45.7. The Morgan fingerprint density at radius 1 is 0.634 bits per heavy atom. The normalized spacial score (nSPS) is 27.5. The molecule has 4 aromatic rings. The molecule has 3 aliphatic heterocycles. The van der Waals surface area contributed by atoms with Gasteiger partial charge < -0.3 is 87.1 Å². The third-order valence-electron chi connectivity index (χ3n) is 15.0. The monoisotopic (exact) mass is 1140 g/mol. The fourth-order valence-corrected chi connectivity index (χ4v) is 10.2. The molecule has 14 N–H and O–H groups in total. The molecule has 0 spiro atoms. The molecule has 4 aromatic carbocycles. The van der Waals surface area contributed by atoms with Crippen molar-refractivity contribution in [1.29, 1.82) is 0 Å². The molecule has 7 amide bonds. The minimum Gasteiger partial charge on any atom is -0.508 e. The van der Waals surface area contributed by atoms with E-state index in [1.165, 1.54) is 31.2 Å². The molecule has 0 bridgehead atoms. The number of carbonyl (C=O) groups is 7. The molecule has 0 radical (unpaired) electrons. The van der Waals surface area contributed by atoms with Crippen LogP contribution in [-0.2, 0) is 28.8 Å². The maximum absolute atomic E-state index is 14.5. The van der Waals surface area contributed by atoms with Gasteiger partial charge in [-0.1, -0.05) is 87.4 Å². The highest BCUT2D eigenvalue weighted by molar-refractivity contribution is 6.00. The summed E-state index contributed by atoms with van der Waals surface area (Å²) in [4.78, 5) is 102. The second-order valence-electron chi connectivity index (χ2n) is 21.3. The van der Waals surface area contributed by atoms with Crippen molar-refractivity contribution in [2.24, 2.45) is 5.92 Å². The number of nitrogens with one attached hydrogen (secondary N) is 5. The van der Waals surface area contributed by atoms with Gasteiger partial charge in [0.25, 0.3) is 5.91 Å². The average molecular weight is 1140 g/mol. The number of hydrogen-bond acceptors (Lipinski definition) is 17. The Balaban J connectivity index is 1.18. The van der Waals surface area contributed by atoms with E-state index < -0.39 is 152 Å². The predicted molar refractivity (Wildman–Crippen MR) is 293 cm³/mol. The summed E-state index contributed by atoms with van der Waals surface area (Å²) in [6.07, 6.45) is -13.6. The Hall–Kier alpha value is -7.55. The molecule has 0 aliphatic carbocycles. The van der Waals surface area contributed by atoms with Gasteiger partial charge in [-0.15, -0.1) is 0 Å². The second kappa shape index (κ2) is 27.5. The summed E-state index contributed by atoms with van der Waals surface area (Å²) in [5.74, 6) is -8.67. The van der Waals surface area contributed by atoms with Crippen LogP contribution >= 0.6 is 0 Å². The van der Waals surface area contributed by atoms with E-state index in [2.05, 4.69) is 33.5 Å². The van der Waals surface area contributed by atoms with E-state index >= 15 is 0 Å². The number of phenols is 1. The van der Waals surface area contributed by atoms with Crippen LogP contribution in [0.5, 0.6) is 11.5 Å². The first-order valence-electron chi connectivity index (χ1n) is 27.3. The van der Waals surface area contributed by atoms with Crippen molar-refractivity contribution in [3.05, 3.63) is 108 Å². The van der Waals surface area contributed by atoms with Crippen LogP contribution < -0.4 is 31.3 Å². The van der Waals surface area contributed by atoms with Gasteiger partial charge >= 0.3 is 0 Å². The largest absolute Gasteiger partial charge is 0.508 e. The molecule has 0 aromatic heterocycles. The summed E-state index contributed by atoms with van der Waals surface area (Å²) in [6, 6.07) is 14.7. The van der Waals surface area contributed by atoms with Gasteiger partial charge in [0.15, 0.2) is 6.23 Å². The molecule has 442 valence electrons. The van der Waals surface area contributed by atoms with E-state index in [1.54, 1.807) is 12.1 Å². The number of phenolic OH excluding ortho intramolecular Hbond substituents is 1. The number of unbranched alkanes of at least 4 members (excludes halogenated alkanes) is 2. The Morgan fingerprint density at radius 3 is 1.72 bits per heavy atom. The molecule has 2 unspecified atom stereocenters. The lowest BCUT2D eigenvalue weighted by Gasteiger charge is -2.34. The van der Waals surface area contributed by atoms with Gasteiger partial charge in [-0.3, -0.25) is 33.6 Å². The molecule has 24 heteroatoms. The summed E-state index contributed by atoms with van der Waals surface area (Å²) in [7, 11) is 0. The first-order valence-corrected chi connectivity index (χ1v) is 27.3. The van der Waals surface area contributed by atoms with Gasteiger partial charge in [0.1, 0.15) is 66.1 Å². The summed E-state index contributed by atoms with van der Waals surface area (Å²) in [5, 5.41) is 111. The number of fused-ring (bicyclic) bond motifs is 2. The quantitative estimate of drug-likeness (QED) is 0.0679. The van der Waals surface area contributed by atoms with Gasteiger partial charge in [-0.25, -0.2) is 0 Å². The predicted octanol–water partition coefficient (Wildman–Crippen LogP) is -0.927. The fourth-order valence-electron chi connectivity index (χ4n) is 10.2. The maximum Gasteiger partial charge on any atom is 0.251 e. The average Bonchev–Trinajstić information content (AvgIpc) is 4.06. The van der Waals surface area contributed by atoms with Gasteiger partial charge in [0, 0.05) is 37.4 Å². The number of nitrogens with zero attached hydrogens (tertiary/aromatic N) is 2. The van der Waals surface area contributed by atoms with Crippen LogP contribution in [0.2, 0.25) is 0 Å². The molecule has 3 fully saturated rings. The van der Waals surface area contributed by atoms with Crippen molar-refractivity contribution in [3.63, 3.8) is 0 Å². The van der Waals surface area contributed by atoms with E-state index in [0.29, 0.717) is 12.2 Å². The highest BCUT2D eigenvalue weighted by Gasteiger charge is 2.50. The van der Waals surface area contributed by atoms with Crippen LogP contribution in [0, 0.1) is 5.92 Å². The van der Waals surface area contributed by atoms with E-state index in [1.807, 2.05) is 48.5 Å². The minimum absolute atomic E-state index is 0.00973. The van der Waals surface area contributed by atoms with Crippen molar-refractivity contribution < 1.29 is 84.3 Å². The number of carbonyl (C=O) groups excluding carboxylic acids is 7. The Morgan fingerprint density at radius 2 is 1.16 bits per heavy atom. The van der Waals surface area contributed by atoms with Crippen LogP contribution in [0.25, 0.3) is 22.3 Å². The fraction of sp³-hybridized carbons (Fsp3) is 0.466. The molecule has 82 heavy (non-hydrogen) atoms. The van der Waals surface area contributed by atoms with Crippen LogP contribution in [0.3, 0.4) is 0 Å². The van der Waals surface area contributed by atoms with E-state index in [0.717, 1.165) is 77.5 Å². The number of ether oxygens (including phenoxy) is 1. The van der Waals surface area contributed by atoms with Gasteiger partial charge in [-0.2, -0.15) is 0 Å². The summed E-state index contributed by atoms with van der Waals surface area (Å²) in [5.41, 5.74) is 3.37. The van der Waals surface area contributed by atoms with Crippen LogP contribution in [0.15, 0.2) is 97.1 Å². The molecule has 24 nitrogen and oxygen atoms in total. The number of aliphatic hydroxyl groups is 8. The molecule has 3 heterocycles. The zero-order chi connectivity index (χ0) is 59.7. The summed E-state index contributed by atoms with van der Waals surface area (Å²) in [6.45, 7) is 5.47. The Bertz CT molecular complexity index is 2880. The lowest BCUT2D eigenvalue weighted by atomic mass is 9.96. The Kier molecular flexibility index (Phi) is 20.8. The first kappa shape index (κ1) is 62.1. The third kappa shape index (κ3) is 14.7. The minimum atomic E-state index is -2.29. The first-order chi connectivity index (χ1) is 39.0. The zero-order valence-corrected chi connectivity index (χ0v) is 45.7. The Labute approximate surface area is 473 Å². The number of benzene rings is 4. The number of hydrogen-bond donors (Lipinski definition) is 14. The molecule has 0 saturated carbocycles. The van der Waals surface area contributed by atoms with E-state index in [9.17, 15) is 79.5 Å². The van der Waals surface area contributed by atoms with Gasteiger partial charge in [0.05, 0.1) is 31.0 Å². The number of rotatable bonds is 14. The lowest BCUT2D eigenvalue weighted by Crippen LogP contribution is -2.64. The number of amides is 7. The standard InChI is InChI=1S/C58H73N7O17/c1-5-6-7-24-82-40-22-18-35(19-23-40)33-10-8-32(9-11-33)34-12-14-37(15-13-34)51(74)59-41-26-43(70)54(77)63-56(79)47-48(71)29(2)27-65(47)58(81)45(31(4)67)61-55(78)46(50(73)49(72)36-16-20-38(68)21-17-36)62-53(76)42-25-39(69)28-64(42)57(80)44(30(3)66)60-52(41)75/h8-23,29-31,39,41-50,54,66-73,77H,5-7,24-28H2,1-4H3,(H,59,74)(H,60,75)(H,61,78)(H,62,76)(H,63,79)/t29-,30+,31+,39+,41-,42-,43+,44?,45-,46?,47-,48-,49-,50-,54-/m0/s1. The lowest BCUT2D eigenvalue weighted by molar-refractivity contribution is -0.148. The van der Waals surface area contributed by atoms with Crippen LogP contribution in [0.4, 0.5) is 0 Å². The van der Waals surface area contributed by atoms with Crippen molar-refractivity contribution >= 4 is 41.4 Å². The molecule has 3 aliphatic rings. The summed E-state index contributed by atoms with van der Waals surface area (Å²) < 4.78 is 5.84. The maximum atomic E-state index is 14.5. The highest BCUT2D eigenvalue weighted by atomic mass is 16.5. The van der Waals surface area contributed by atoms with Crippen LogP contribution in [0.1, 0.15) is 81.8 Å². The van der Waals surface area contributed by atoms with Crippen molar-refractivity contribution in [2.45, 2.75) is 145 Å². The topological polar surface area (TPSA) is 377 Å². The molecule has 3 saturated heterocycles. The second-order valence-corrected chi connectivity index (χ2v) is 21.3. The summed E-state index contributed by atoms with van der Waals surface area (Å²) >= 11 is 0. The van der Waals surface area contributed by atoms with E-state index in [-0.39, 0.29) is 23.4 Å². The molecule has 7 rings (SSSR count). The highest BCUT2D eigenvalue weighted by Crippen LogP contribution is 2.30. The van der Waals surface area contributed by atoms with Gasteiger partial charge in [0.2, 0.25) is 35.4 Å². The number of aromatic hydroxyl groups is 1. The smallest absolute Gasteiger partial charge is 0.251 e. The van der Waals surface area contributed by atoms with Crippen molar-refractivity contribution in [3.8, 4) is 33.8 Å². The molecule has 15 atom stereocenters. The third-order valence-corrected chi connectivity index (χ3v) is 15.0. The van der Waals surface area contributed by atoms with Crippen molar-refractivity contribution in [1.82, 2.24) is 36.4 Å². The SMILES string of the molecule is CCCCCOc1ccc(-c2ccc(-c3ccc(C(=O)N[C@H]4C[C@@H](O)[C@H](O)NC(=O)[C@@H]5[C@@H](O)[C@@H](C)CN5C(=O)[C@H]([C@@H](C)O)NC(=O)C([C@H](O)[C@@H](O)c5ccc(O)cc5)NC(=O)[C@@H]5C[C@@H](O)CN5C(=O)C([C@@H](C)O)NC4=O)cc3)cc2)cc1. The van der Waals surface area contributed by atoms with Crippen LogP contribution in [-0.4, -0.2) is 196 Å². The molecular formula is C58H73N7O17. The number of aliphatic hydroxyl groups excluding tert-OH is 8. The van der Waals surface area contributed by atoms with Gasteiger partial charge in [-0.05, 0) is 84.5 Å².